The quantitative estimate of drug-likeness (QED) is 0.718. The molecular weight excluding hydrogens is 271 g/mol. The third-order valence-electron chi connectivity index (χ3n) is 3.48. The average molecular weight is 292 g/mol. The zero-order valence-electron chi connectivity index (χ0n) is 12.0. The smallest absolute Gasteiger partial charge is 0.223 e. The highest BCUT2D eigenvalue weighted by molar-refractivity contribution is 5.81. The Kier molecular flexibility index (Phi) is 5.72. The molecule has 0 unspecified atom stereocenters. The zero-order chi connectivity index (χ0) is 15.1. The van der Waals surface area contributed by atoms with Crippen molar-refractivity contribution >= 4 is 11.8 Å². The predicted molar refractivity (Wildman–Crippen MR) is 78.1 cm³/mol. The van der Waals surface area contributed by atoms with Crippen molar-refractivity contribution in [2.24, 2.45) is 5.92 Å². The van der Waals surface area contributed by atoms with E-state index in [0.717, 1.165) is 18.4 Å². The average Bonchev–Trinajstić information content (AvgIpc) is 3.30. The van der Waals surface area contributed by atoms with Gasteiger partial charge >= 0.3 is 0 Å². The molecule has 1 fully saturated rings. The second kappa shape index (κ2) is 7.76. The van der Waals surface area contributed by atoms with Crippen molar-refractivity contribution in [2.75, 3.05) is 13.1 Å². The predicted octanol–water partition coefficient (Wildman–Crippen LogP) is 1.79. The molecule has 0 bridgehead atoms. The Morgan fingerprint density at radius 3 is 2.48 bits per heavy atom. The van der Waals surface area contributed by atoms with E-state index in [9.17, 15) is 14.0 Å². The number of rotatable bonds is 8. The van der Waals surface area contributed by atoms with Gasteiger partial charge in [0, 0.05) is 25.4 Å². The molecule has 1 saturated carbocycles. The molecule has 0 atom stereocenters. The molecule has 1 aromatic carbocycles. The first kappa shape index (κ1) is 15.5. The van der Waals surface area contributed by atoms with Gasteiger partial charge in [0.15, 0.2) is 0 Å². The molecule has 0 radical (unpaired) electrons. The number of carbonyl (C=O) groups excluding carboxylic acids is 2. The SMILES string of the molecule is O=C(CCCNC(=O)C1CC1)NCCc1ccc(F)cc1. The van der Waals surface area contributed by atoms with Crippen molar-refractivity contribution in [3.05, 3.63) is 35.6 Å². The molecule has 1 aromatic rings. The number of hydrogen-bond donors (Lipinski definition) is 2. The van der Waals surface area contributed by atoms with Crippen LogP contribution in [0.1, 0.15) is 31.2 Å². The Labute approximate surface area is 124 Å². The lowest BCUT2D eigenvalue weighted by molar-refractivity contribution is -0.123. The van der Waals surface area contributed by atoms with Crippen molar-refractivity contribution in [3.8, 4) is 0 Å². The molecular formula is C16H21FN2O2. The second-order valence-corrected chi connectivity index (χ2v) is 5.40. The minimum atomic E-state index is -0.254. The Morgan fingerprint density at radius 2 is 1.81 bits per heavy atom. The van der Waals surface area contributed by atoms with Crippen LogP contribution in [0.5, 0.6) is 0 Å². The van der Waals surface area contributed by atoms with Crippen LogP contribution in [-0.2, 0) is 16.0 Å². The summed E-state index contributed by atoms with van der Waals surface area (Å²) in [5.74, 6) is 0.0649. The minimum Gasteiger partial charge on any atom is -0.356 e. The van der Waals surface area contributed by atoms with Crippen LogP contribution < -0.4 is 10.6 Å². The third kappa shape index (κ3) is 5.94. The van der Waals surface area contributed by atoms with Crippen molar-refractivity contribution < 1.29 is 14.0 Å². The van der Waals surface area contributed by atoms with Crippen LogP contribution in [0.25, 0.3) is 0 Å². The summed E-state index contributed by atoms with van der Waals surface area (Å²) in [7, 11) is 0. The Bertz CT molecular complexity index is 484. The Morgan fingerprint density at radius 1 is 1.10 bits per heavy atom. The van der Waals surface area contributed by atoms with Crippen molar-refractivity contribution in [3.63, 3.8) is 0 Å². The maximum atomic E-state index is 12.7. The van der Waals surface area contributed by atoms with Crippen LogP contribution in [0.4, 0.5) is 4.39 Å². The van der Waals surface area contributed by atoms with Gasteiger partial charge in [-0.2, -0.15) is 0 Å². The summed E-state index contributed by atoms with van der Waals surface area (Å²) < 4.78 is 12.7. The lowest BCUT2D eigenvalue weighted by atomic mass is 10.1. The van der Waals surface area contributed by atoms with E-state index < -0.39 is 0 Å². The summed E-state index contributed by atoms with van der Waals surface area (Å²) in [6, 6.07) is 6.27. The second-order valence-electron chi connectivity index (χ2n) is 5.40. The summed E-state index contributed by atoms with van der Waals surface area (Å²) in [4.78, 5) is 23.0. The van der Waals surface area contributed by atoms with Gasteiger partial charge < -0.3 is 10.6 Å². The molecule has 0 aromatic heterocycles. The third-order valence-corrected chi connectivity index (χ3v) is 3.48. The molecule has 2 rings (SSSR count). The topological polar surface area (TPSA) is 58.2 Å². The van der Waals surface area contributed by atoms with E-state index in [2.05, 4.69) is 10.6 Å². The molecule has 2 N–H and O–H groups in total. The zero-order valence-corrected chi connectivity index (χ0v) is 12.0. The highest BCUT2D eigenvalue weighted by atomic mass is 19.1. The molecule has 0 aliphatic heterocycles. The lowest BCUT2D eigenvalue weighted by Crippen LogP contribution is -2.29. The number of hydrogen-bond acceptors (Lipinski definition) is 2. The van der Waals surface area contributed by atoms with E-state index in [-0.39, 0.29) is 23.5 Å². The number of halogens is 1. The number of amides is 2. The molecule has 5 heteroatoms. The van der Waals surface area contributed by atoms with Crippen molar-refractivity contribution in [1.82, 2.24) is 10.6 Å². The fourth-order valence-corrected chi connectivity index (χ4v) is 2.04. The van der Waals surface area contributed by atoms with E-state index in [4.69, 9.17) is 0 Å². The molecule has 4 nitrogen and oxygen atoms in total. The van der Waals surface area contributed by atoms with E-state index in [1.807, 2.05) is 0 Å². The molecule has 21 heavy (non-hydrogen) atoms. The first-order chi connectivity index (χ1) is 10.1. The summed E-state index contributed by atoms with van der Waals surface area (Å²) in [5.41, 5.74) is 0.994. The molecule has 0 heterocycles. The van der Waals surface area contributed by atoms with Crippen molar-refractivity contribution in [2.45, 2.75) is 32.1 Å². The van der Waals surface area contributed by atoms with Crippen LogP contribution in [0.15, 0.2) is 24.3 Å². The summed E-state index contributed by atoms with van der Waals surface area (Å²) in [6.45, 7) is 1.10. The standard InChI is InChI=1S/C16H21FN2O2/c17-14-7-3-12(4-8-14)9-11-18-15(20)2-1-10-19-16(21)13-5-6-13/h3-4,7-8,13H,1-2,5-6,9-11H2,(H,18,20)(H,19,21). The minimum absolute atomic E-state index is 0.0159. The first-order valence-electron chi connectivity index (χ1n) is 7.44. The van der Waals surface area contributed by atoms with Crippen molar-refractivity contribution in [1.29, 1.82) is 0 Å². The molecule has 0 saturated heterocycles. The van der Waals surface area contributed by atoms with E-state index in [0.29, 0.717) is 32.4 Å². The van der Waals surface area contributed by atoms with E-state index in [1.54, 1.807) is 12.1 Å². The summed E-state index contributed by atoms with van der Waals surface area (Å²) in [6.07, 6.45) is 3.74. The molecule has 0 spiro atoms. The van der Waals surface area contributed by atoms with Crippen LogP contribution in [0, 0.1) is 11.7 Å². The fraction of sp³-hybridized carbons (Fsp3) is 0.500. The highest BCUT2D eigenvalue weighted by Gasteiger charge is 2.28. The van der Waals surface area contributed by atoms with Gasteiger partial charge in [-0.1, -0.05) is 12.1 Å². The Balaban J connectivity index is 1.51. The van der Waals surface area contributed by atoms with E-state index in [1.165, 1.54) is 12.1 Å². The molecule has 114 valence electrons. The normalized spacial score (nSPS) is 13.8. The van der Waals surface area contributed by atoms with Gasteiger partial charge in [-0.15, -0.1) is 0 Å². The lowest BCUT2D eigenvalue weighted by Gasteiger charge is -2.06. The summed E-state index contributed by atoms with van der Waals surface area (Å²) >= 11 is 0. The van der Waals surface area contributed by atoms with Gasteiger partial charge in [0.25, 0.3) is 0 Å². The van der Waals surface area contributed by atoms with Gasteiger partial charge in [0.1, 0.15) is 5.82 Å². The Hall–Kier alpha value is -1.91. The van der Waals surface area contributed by atoms with E-state index >= 15 is 0 Å². The largest absolute Gasteiger partial charge is 0.356 e. The molecule has 2 amide bonds. The molecule has 1 aliphatic carbocycles. The van der Waals surface area contributed by atoms with Crippen LogP contribution >= 0.6 is 0 Å². The van der Waals surface area contributed by atoms with Gasteiger partial charge in [0.2, 0.25) is 11.8 Å². The van der Waals surface area contributed by atoms with Gasteiger partial charge in [-0.05, 0) is 43.4 Å². The number of nitrogens with one attached hydrogen (secondary N) is 2. The van der Waals surface area contributed by atoms with Crippen LogP contribution in [0.2, 0.25) is 0 Å². The number of benzene rings is 1. The monoisotopic (exact) mass is 292 g/mol. The maximum absolute atomic E-state index is 12.7. The van der Waals surface area contributed by atoms with Crippen LogP contribution in [0.3, 0.4) is 0 Å². The first-order valence-corrected chi connectivity index (χ1v) is 7.44. The highest BCUT2D eigenvalue weighted by Crippen LogP contribution is 2.28. The van der Waals surface area contributed by atoms with Crippen LogP contribution in [-0.4, -0.2) is 24.9 Å². The maximum Gasteiger partial charge on any atom is 0.223 e. The number of carbonyl (C=O) groups is 2. The molecule has 1 aliphatic rings. The van der Waals surface area contributed by atoms with Gasteiger partial charge in [-0.3, -0.25) is 9.59 Å². The van der Waals surface area contributed by atoms with Gasteiger partial charge in [-0.25, -0.2) is 4.39 Å². The fourth-order valence-electron chi connectivity index (χ4n) is 2.04. The summed E-state index contributed by atoms with van der Waals surface area (Å²) in [5, 5.41) is 5.66. The van der Waals surface area contributed by atoms with Gasteiger partial charge in [0.05, 0.1) is 0 Å².